The highest BCUT2D eigenvalue weighted by atomic mass is 19.1. The fourth-order valence-corrected chi connectivity index (χ4v) is 1.87. The van der Waals surface area contributed by atoms with E-state index in [2.05, 4.69) is 0 Å². The third-order valence-electron chi connectivity index (χ3n) is 2.74. The maximum atomic E-state index is 13.7. The number of rotatable bonds is 2. The van der Waals surface area contributed by atoms with E-state index in [0.29, 0.717) is 5.56 Å². The lowest BCUT2D eigenvalue weighted by molar-refractivity contribution is 0.597. The van der Waals surface area contributed by atoms with Gasteiger partial charge in [-0.05, 0) is 24.1 Å². The third kappa shape index (κ3) is 1.97. The van der Waals surface area contributed by atoms with Gasteiger partial charge in [0.1, 0.15) is 5.82 Å². The molecule has 1 nitrogen and oxygen atoms in total. The summed E-state index contributed by atoms with van der Waals surface area (Å²) in [4.78, 5) is 0. The maximum Gasteiger partial charge on any atom is 0.128 e. The average molecular weight is 215 g/mol. The summed E-state index contributed by atoms with van der Waals surface area (Å²) in [6, 6.07) is 14.2. The van der Waals surface area contributed by atoms with E-state index in [1.807, 2.05) is 43.3 Å². The van der Waals surface area contributed by atoms with Gasteiger partial charge in [0.05, 0.1) is 6.04 Å². The number of halogens is 1. The van der Waals surface area contributed by atoms with Gasteiger partial charge in [-0.25, -0.2) is 4.39 Å². The van der Waals surface area contributed by atoms with E-state index in [9.17, 15) is 4.39 Å². The monoisotopic (exact) mass is 215 g/mol. The van der Waals surface area contributed by atoms with Crippen LogP contribution in [0, 0.1) is 12.7 Å². The number of hydrogen-bond donors (Lipinski definition) is 1. The van der Waals surface area contributed by atoms with Gasteiger partial charge < -0.3 is 5.73 Å². The molecule has 0 spiro atoms. The second kappa shape index (κ2) is 4.45. The standard InChI is InChI=1S/C14H14FN/c1-10-6-5-9-12(15)13(10)14(16)11-7-3-2-4-8-11/h2-9,14H,16H2,1H3. The van der Waals surface area contributed by atoms with Crippen LogP contribution < -0.4 is 5.73 Å². The van der Waals surface area contributed by atoms with E-state index in [4.69, 9.17) is 5.73 Å². The molecule has 0 bridgehead atoms. The molecule has 0 saturated heterocycles. The summed E-state index contributed by atoms with van der Waals surface area (Å²) >= 11 is 0. The first-order valence-electron chi connectivity index (χ1n) is 5.25. The van der Waals surface area contributed by atoms with Gasteiger partial charge in [-0.15, -0.1) is 0 Å². The lowest BCUT2D eigenvalue weighted by Crippen LogP contribution is -2.15. The Hall–Kier alpha value is -1.67. The van der Waals surface area contributed by atoms with Crippen LogP contribution >= 0.6 is 0 Å². The van der Waals surface area contributed by atoms with Crippen molar-refractivity contribution in [3.63, 3.8) is 0 Å². The minimum atomic E-state index is -0.401. The Morgan fingerprint density at radius 1 is 1.00 bits per heavy atom. The van der Waals surface area contributed by atoms with Crippen molar-refractivity contribution in [2.24, 2.45) is 5.73 Å². The van der Waals surface area contributed by atoms with E-state index in [1.165, 1.54) is 6.07 Å². The zero-order valence-electron chi connectivity index (χ0n) is 9.15. The molecule has 82 valence electrons. The molecule has 0 saturated carbocycles. The van der Waals surface area contributed by atoms with Crippen LogP contribution in [0.25, 0.3) is 0 Å². The molecule has 0 aliphatic heterocycles. The molecule has 2 heteroatoms. The zero-order chi connectivity index (χ0) is 11.5. The first-order valence-corrected chi connectivity index (χ1v) is 5.25. The minimum absolute atomic E-state index is 0.239. The molecule has 1 atom stereocenters. The van der Waals surface area contributed by atoms with Crippen molar-refractivity contribution in [3.05, 3.63) is 71.0 Å². The molecule has 16 heavy (non-hydrogen) atoms. The molecule has 1 unspecified atom stereocenters. The molecule has 0 fully saturated rings. The Bertz CT molecular complexity index is 459. The van der Waals surface area contributed by atoms with Gasteiger partial charge in [0.25, 0.3) is 0 Å². The number of benzene rings is 2. The van der Waals surface area contributed by atoms with Crippen LogP contribution in [0.15, 0.2) is 48.5 Å². The highest BCUT2D eigenvalue weighted by molar-refractivity contribution is 5.37. The first-order chi connectivity index (χ1) is 7.70. The summed E-state index contributed by atoms with van der Waals surface area (Å²) in [5.74, 6) is -0.239. The Balaban J connectivity index is 2.46. The van der Waals surface area contributed by atoms with Crippen molar-refractivity contribution in [2.45, 2.75) is 13.0 Å². The summed E-state index contributed by atoms with van der Waals surface area (Å²) in [6.07, 6.45) is 0. The average Bonchev–Trinajstić information content (AvgIpc) is 2.30. The molecule has 0 aromatic heterocycles. The summed E-state index contributed by atoms with van der Waals surface area (Å²) in [5, 5.41) is 0. The highest BCUT2D eigenvalue weighted by Crippen LogP contribution is 2.24. The molecular formula is C14H14FN. The van der Waals surface area contributed by atoms with Gasteiger partial charge >= 0.3 is 0 Å². The number of aryl methyl sites for hydroxylation is 1. The van der Waals surface area contributed by atoms with Crippen molar-refractivity contribution < 1.29 is 4.39 Å². The van der Waals surface area contributed by atoms with Crippen LogP contribution in [-0.2, 0) is 0 Å². The molecule has 0 heterocycles. The molecule has 0 amide bonds. The Kier molecular flexibility index (Phi) is 3.02. The second-order valence-electron chi connectivity index (χ2n) is 3.86. The van der Waals surface area contributed by atoms with Gasteiger partial charge in [-0.3, -0.25) is 0 Å². The van der Waals surface area contributed by atoms with Crippen LogP contribution in [0.2, 0.25) is 0 Å². The van der Waals surface area contributed by atoms with E-state index >= 15 is 0 Å². The topological polar surface area (TPSA) is 26.0 Å². The fraction of sp³-hybridized carbons (Fsp3) is 0.143. The molecule has 0 radical (unpaired) electrons. The second-order valence-corrected chi connectivity index (χ2v) is 3.86. The molecular weight excluding hydrogens is 201 g/mol. The molecule has 0 aliphatic carbocycles. The molecule has 2 aromatic rings. The van der Waals surface area contributed by atoms with Crippen molar-refractivity contribution in [1.29, 1.82) is 0 Å². The van der Waals surface area contributed by atoms with Crippen molar-refractivity contribution in [3.8, 4) is 0 Å². The predicted octanol–water partition coefficient (Wildman–Crippen LogP) is 3.18. The van der Waals surface area contributed by atoms with Crippen molar-refractivity contribution in [2.75, 3.05) is 0 Å². The van der Waals surface area contributed by atoms with Crippen LogP contribution in [0.5, 0.6) is 0 Å². The van der Waals surface area contributed by atoms with Crippen LogP contribution in [-0.4, -0.2) is 0 Å². The Morgan fingerprint density at radius 3 is 2.31 bits per heavy atom. The van der Waals surface area contributed by atoms with Gasteiger partial charge in [0.2, 0.25) is 0 Å². The zero-order valence-corrected chi connectivity index (χ0v) is 9.15. The van der Waals surface area contributed by atoms with Gasteiger partial charge in [-0.1, -0.05) is 42.5 Å². The van der Waals surface area contributed by atoms with Crippen LogP contribution in [0.4, 0.5) is 4.39 Å². The highest BCUT2D eigenvalue weighted by Gasteiger charge is 2.15. The summed E-state index contributed by atoms with van der Waals surface area (Å²) in [6.45, 7) is 1.88. The van der Waals surface area contributed by atoms with E-state index < -0.39 is 6.04 Å². The fourth-order valence-electron chi connectivity index (χ4n) is 1.87. The summed E-state index contributed by atoms with van der Waals surface area (Å²) < 4.78 is 13.7. The predicted molar refractivity (Wildman–Crippen MR) is 63.6 cm³/mol. The number of nitrogens with two attached hydrogens (primary N) is 1. The maximum absolute atomic E-state index is 13.7. The normalized spacial score (nSPS) is 12.4. The molecule has 2 N–H and O–H groups in total. The van der Waals surface area contributed by atoms with Crippen LogP contribution in [0.1, 0.15) is 22.7 Å². The molecule has 2 rings (SSSR count). The van der Waals surface area contributed by atoms with E-state index in [0.717, 1.165) is 11.1 Å². The van der Waals surface area contributed by atoms with Gasteiger partial charge in [0, 0.05) is 5.56 Å². The van der Waals surface area contributed by atoms with Crippen molar-refractivity contribution in [1.82, 2.24) is 0 Å². The Morgan fingerprint density at radius 2 is 1.69 bits per heavy atom. The lowest BCUT2D eigenvalue weighted by Gasteiger charge is -2.15. The van der Waals surface area contributed by atoms with Gasteiger partial charge in [0.15, 0.2) is 0 Å². The SMILES string of the molecule is Cc1cccc(F)c1C(N)c1ccccc1. The number of hydrogen-bond acceptors (Lipinski definition) is 1. The molecule has 2 aromatic carbocycles. The lowest BCUT2D eigenvalue weighted by atomic mass is 9.95. The first kappa shape index (κ1) is 10.8. The largest absolute Gasteiger partial charge is 0.320 e. The van der Waals surface area contributed by atoms with E-state index in [1.54, 1.807) is 6.07 Å². The Labute approximate surface area is 94.7 Å². The summed E-state index contributed by atoms with van der Waals surface area (Å²) in [7, 11) is 0. The van der Waals surface area contributed by atoms with Crippen molar-refractivity contribution >= 4 is 0 Å². The molecule has 0 aliphatic rings. The third-order valence-corrected chi connectivity index (χ3v) is 2.74. The van der Waals surface area contributed by atoms with E-state index in [-0.39, 0.29) is 5.82 Å². The van der Waals surface area contributed by atoms with Gasteiger partial charge in [-0.2, -0.15) is 0 Å². The quantitative estimate of drug-likeness (QED) is 0.818. The summed E-state index contributed by atoms with van der Waals surface area (Å²) in [5.41, 5.74) is 8.47. The van der Waals surface area contributed by atoms with Crippen LogP contribution in [0.3, 0.4) is 0 Å². The minimum Gasteiger partial charge on any atom is -0.320 e. The smallest absolute Gasteiger partial charge is 0.128 e.